The average Bonchev–Trinajstić information content (AvgIpc) is 2.96. The van der Waals surface area contributed by atoms with Gasteiger partial charge < -0.3 is 29.5 Å². The lowest BCUT2D eigenvalue weighted by Gasteiger charge is -2.36. The van der Waals surface area contributed by atoms with Crippen molar-refractivity contribution in [1.29, 1.82) is 5.26 Å². The number of nitrogens with one attached hydrogen (secondary N) is 1. The molecule has 0 spiro atoms. The van der Waals surface area contributed by atoms with E-state index in [1.54, 1.807) is 32.9 Å². The summed E-state index contributed by atoms with van der Waals surface area (Å²) in [5.74, 6) is 0.289. The second-order valence-corrected chi connectivity index (χ2v) is 9.11. The lowest BCUT2D eigenvalue weighted by atomic mass is 9.94. The Hall–Kier alpha value is -2.99. The fourth-order valence-corrected chi connectivity index (χ4v) is 3.72. The van der Waals surface area contributed by atoms with Gasteiger partial charge in [0.1, 0.15) is 5.60 Å². The van der Waals surface area contributed by atoms with E-state index in [1.807, 2.05) is 0 Å². The maximum atomic E-state index is 13.0. The van der Waals surface area contributed by atoms with Crippen LogP contribution in [-0.2, 0) is 11.2 Å². The Morgan fingerprint density at radius 3 is 2.75 bits per heavy atom. The highest BCUT2D eigenvalue weighted by atomic mass is 16.6. The molecule has 1 saturated heterocycles. The number of rotatable bonds is 4. The summed E-state index contributed by atoms with van der Waals surface area (Å²) in [6, 6.07) is 5.47. The Kier molecular flexibility index (Phi) is 7.46. The molecule has 0 radical (unpaired) electrons. The number of hydrogen-bond acceptors (Lipinski definition) is 7. The van der Waals surface area contributed by atoms with Gasteiger partial charge in [-0.2, -0.15) is 5.26 Å². The molecule has 9 heteroatoms. The van der Waals surface area contributed by atoms with Crippen molar-refractivity contribution in [3.63, 3.8) is 0 Å². The number of β-amino-alcohol motifs (C(OH)–C–C–N with tert-alkyl or cyclic N) is 1. The number of piperidine rings is 1. The monoisotopic (exact) mass is 445 g/mol. The van der Waals surface area contributed by atoms with Crippen LogP contribution >= 0.6 is 0 Å². The van der Waals surface area contributed by atoms with Crippen molar-refractivity contribution in [1.82, 2.24) is 10.2 Å². The van der Waals surface area contributed by atoms with Crippen molar-refractivity contribution in [3.8, 4) is 17.6 Å². The van der Waals surface area contributed by atoms with E-state index in [2.05, 4.69) is 11.4 Å². The van der Waals surface area contributed by atoms with Crippen molar-refractivity contribution in [3.05, 3.63) is 23.3 Å². The highest BCUT2D eigenvalue weighted by molar-refractivity contribution is 5.98. The Morgan fingerprint density at radius 1 is 1.31 bits per heavy atom. The van der Waals surface area contributed by atoms with E-state index in [1.165, 1.54) is 4.90 Å². The minimum atomic E-state index is -0.779. The van der Waals surface area contributed by atoms with Gasteiger partial charge in [-0.15, -0.1) is 0 Å². The molecule has 174 valence electrons. The van der Waals surface area contributed by atoms with Crippen LogP contribution in [0.5, 0.6) is 11.5 Å². The van der Waals surface area contributed by atoms with Crippen LogP contribution in [0.3, 0.4) is 0 Å². The summed E-state index contributed by atoms with van der Waals surface area (Å²) >= 11 is 0. The van der Waals surface area contributed by atoms with Crippen LogP contribution in [0, 0.1) is 17.2 Å². The zero-order valence-corrected chi connectivity index (χ0v) is 18.8. The molecule has 1 unspecified atom stereocenters. The summed E-state index contributed by atoms with van der Waals surface area (Å²) < 4.78 is 16.8. The Morgan fingerprint density at radius 2 is 2.06 bits per heavy atom. The summed E-state index contributed by atoms with van der Waals surface area (Å²) in [6.45, 7) is 7.15. The van der Waals surface area contributed by atoms with Crippen LogP contribution in [-0.4, -0.2) is 66.6 Å². The fourth-order valence-electron chi connectivity index (χ4n) is 3.72. The van der Waals surface area contributed by atoms with Crippen molar-refractivity contribution in [2.75, 3.05) is 32.8 Å². The minimum absolute atomic E-state index is 0.152. The van der Waals surface area contributed by atoms with Crippen molar-refractivity contribution in [2.45, 2.75) is 51.7 Å². The maximum absolute atomic E-state index is 13.0. The number of fused-ring (bicyclic) bond motifs is 1. The number of ether oxygens (including phenoxy) is 3. The number of carbonyl (C=O) groups excluding carboxylic acids is 2. The molecule has 0 aromatic heterocycles. The smallest absolute Gasteiger partial charge is 0.410 e. The normalized spacial score (nSPS) is 20.7. The summed E-state index contributed by atoms with van der Waals surface area (Å²) in [4.78, 5) is 26.7. The van der Waals surface area contributed by atoms with Gasteiger partial charge in [-0.3, -0.25) is 4.79 Å². The van der Waals surface area contributed by atoms with E-state index < -0.39 is 17.8 Å². The number of carbonyl (C=O) groups is 2. The first-order valence-corrected chi connectivity index (χ1v) is 10.9. The molecule has 32 heavy (non-hydrogen) atoms. The molecule has 0 bridgehead atoms. The number of likely N-dealkylation sites (tertiary alicyclic amines) is 1. The van der Waals surface area contributed by atoms with Crippen LogP contribution in [0.2, 0.25) is 0 Å². The van der Waals surface area contributed by atoms with Gasteiger partial charge in [0.2, 0.25) is 0 Å². The standard InChI is InChI=1S/C23H31N3O6/c1-23(2,3)32-22(29)26-8-6-16(18(27)14-26)13-25-21(28)17-11-15(5-7-24)12-19-20(17)31-10-4-9-30-19/h11-12,16,18,27H,4-6,8-10,13-14H2,1-3H3,(H,25,28)/t16-,18?/m0/s1. The number of amides is 2. The number of nitrogens with zero attached hydrogens (tertiary/aromatic N) is 2. The number of nitriles is 1. The molecule has 2 amide bonds. The predicted octanol–water partition coefficient (Wildman–Crippen LogP) is 2.26. The van der Waals surface area contributed by atoms with Crippen LogP contribution in [0.15, 0.2) is 12.1 Å². The van der Waals surface area contributed by atoms with E-state index in [9.17, 15) is 14.7 Å². The van der Waals surface area contributed by atoms with Crippen LogP contribution in [0.4, 0.5) is 4.79 Å². The van der Waals surface area contributed by atoms with Crippen molar-refractivity contribution >= 4 is 12.0 Å². The molecule has 0 saturated carbocycles. The van der Waals surface area contributed by atoms with Crippen molar-refractivity contribution in [2.24, 2.45) is 5.92 Å². The number of aliphatic hydroxyl groups is 1. The van der Waals surface area contributed by atoms with Gasteiger partial charge in [0.25, 0.3) is 5.91 Å². The predicted molar refractivity (Wildman–Crippen MR) is 116 cm³/mol. The third-order valence-electron chi connectivity index (χ3n) is 5.33. The van der Waals surface area contributed by atoms with Gasteiger partial charge in [-0.25, -0.2) is 4.79 Å². The summed E-state index contributed by atoms with van der Waals surface area (Å²) in [7, 11) is 0. The lowest BCUT2D eigenvalue weighted by Crippen LogP contribution is -2.50. The Labute approximate surface area is 188 Å². The highest BCUT2D eigenvalue weighted by Gasteiger charge is 2.33. The molecule has 2 atom stereocenters. The second-order valence-electron chi connectivity index (χ2n) is 9.11. The summed E-state index contributed by atoms with van der Waals surface area (Å²) in [6.07, 6.45) is 0.156. The molecule has 1 aromatic rings. The van der Waals surface area contributed by atoms with E-state index in [-0.39, 0.29) is 31.3 Å². The molecule has 2 aliphatic heterocycles. The third-order valence-corrected chi connectivity index (χ3v) is 5.33. The topological polar surface area (TPSA) is 121 Å². The van der Waals surface area contributed by atoms with Crippen molar-refractivity contribution < 1.29 is 28.9 Å². The fraction of sp³-hybridized carbons (Fsp3) is 0.609. The largest absolute Gasteiger partial charge is 0.490 e. The lowest BCUT2D eigenvalue weighted by molar-refractivity contribution is -0.0122. The molecule has 9 nitrogen and oxygen atoms in total. The maximum Gasteiger partial charge on any atom is 0.410 e. The SMILES string of the molecule is CC(C)(C)OC(=O)N1CC[C@@H](CNC(=O)c2cc(CC#N)cc3c2OCCCO3)C(O)C1. The Bertz CT molecular complexity index is 889. The average molecular weight is 446 g/mol. The van der Waals surface area contributed by atoms with Gasteiger partial charge in [0, 0.05) is 25.4 Å². The molecule has 1 fully saturated rings. The molecule has 2 N–H and O–H groups in total. The van der Waals surface area contributed by atoms with Gasteiger partial charge >= 0.3 is 6.09 Å². The number of aliphatic hydroxyl groups excluding tert-OH is 1. The minimum Gasteiger partial charge on any atom is -0.490 e. The first-order valence-electron chi connectivity index (χ1n) is 10.9. The van der Waals surface area contributed by atoms with Crippen LogP contribution in [0.25, 0.3) is 0 Å². The molecular weight excluding hydrogens is 414 g/mol. The van der Waals surface area contributed by atoms with Crippen LogP contribution < -0.4 is 14.8 Å². The van der Waals surface area contributed by atoms with E-state index >= 15 is 0 Å². The molecule has 0 aliphatic carbocycles. The highest BCUT2D eigenvalue weighted by Crippen LogP contribution is 2.35. The van der Waals surface area contributed by atoms with Gasteiger partial charge in [-0.1, -0.05) is 0 Å². The van der Waals surface area contributed by atoms with E-state index in [4.69, 9.17) is 19.5 Å². The quantitative estimate of drug-likeness (QED) is 0.729. The number of hydrogen-bond donors (Lipinski definition) is 2. The first-order chi connectivity index (χ1) is 15.2. The molecule has 1 aromatic carbocycles. The zero-order valence-electron chi connectivity index (χ0n) is 18.8. The van der Waals surface area contributed by atoms with Gasteiger partial charge in [0.05, 0.1) is 43.9 Å². The van der Waals surface area contributed by atoms with Gasteiger partial charge in [-0.05, 0) is 44.9 Å². The summed E-state index contributed by atoms with van der Waals surface area (Å²) in [5.41, 5.74) is 0.388. The summed E-state index contributed by atoms with van der Waals surface area (Å²) in [5, 5.41) is 22.4. The molecular formula is C23H31N3O6. The Balaban J connectivity index is 1.63. The van der Waals surface area contributed by atoms with E-state index in [0.29, 0.717) is 55.2 Å². The molecule has 2 aliphatic rings. The first kappa shape index (κ1) is 23.7. The van der Waals surface area contributed by atoms with E-state index in [0.717, 1.165) is 0 Å². The molecule has 2 heterocycles. The van der Waals surface area contributed by atoms with Gasteiger partial charge in [0.15, 0.2) is 11.5 Å². The number of benzene rings is 1. The zero-order chi connectivity index (χ0) is 23.3. The van der Waals surface area contributed by atoms with Crippen LogP contribution in [0.1, 0.15) is 49.5 Å². The molecule has 3 rings (SSSR count). The third kappa shape index (κ3) is 6.04. The second kappa shape index (κ2) is 10.1.